The van der Waals surface area contributed by atoms with Crippen LogP contribution < -0.4 is 5.32 Å². The number of likely N-dealkylation sites (tertiary alicyclic amines) is 1. The molecule has 0 spiro atoms. The van der Waals surface area contributed by atoms with Crippen molar-refractivity contribution in [3.63, 3.8) is 0 Å². The highest BCUT2D eigenvalue weighted by atomic mass is 16.6. The Bertz CT molecular complexity index is 527. The Kier molecular flexibility index (Phi) is 7.53. The van der Waals surface area contributed by atoms with Crippen LogP contribution in [0, 0.1) is 0 Å². The molecular formula is C16H26N2O7. The fraction of sp³-hybridized carbons (Fsp3) is 0.688. The van der Waals surface area contributed by atoms with Crippen LogP contribution in [-0.2, 0) is 23.9 Å². The molecule has 2 amide bonds. The molecule has 1 rings (SSSR count). The maximum Gasteiger partial charge on any atom is 0.328 e. The number of carboxylic acids is 1. The minimum Gasteiger partial charge on any atom is -0.478 e. The molecule has 0 aromatic heterocycles. The van der Waals surface area contributed by atoms with Gasteiger partial charge in [-0.05, 0) is 27.2 Å². The number of hydrogen-bond acceptors (Lipinski definition) is 6. The van der Waals surface area contributed by atoms with Crippen molar-refractivity contribution in [1.29, 1.82) is 0 Å². The Labute approximate surface area is 146 Å². The van der Waals surface area contributed by atoms with Crippen molar-refractivity contribution in [2.45, 2.75) is 51.2 Å². The average Bonchev–Trinajstić information content (AvgIpc) is 2.72. The summed E-state index contributed by atoms with van der Waals surface area (Å²) in [6, 6.07) is -1.14. The normalized spacial score (nSPS) is 22.4. The number of hydrogen-bond donors (Lipinski definition) is 3. The SMILES string of the molecule is COC[C@@H]1C[C@H](NC(=O)/C=C/C(=O)O)C(=O)N1C[C@@H](O)OC(C)(C)C. The molecule has 1 saturated heterocycles. The highest BCUT2D eigenvalue weighted by Gasteiger charge is 2.41. The van der Waals surface area contributed by atoms with Gasteiger partial charge in [-0.15, -0.1) is 0 Å². The van der Waals surface area contributed by atoms with Gasteiger partial charge in [-0.1, -0.05) is 0 Å². The number of aliphatic hydroxyl groups excluding tert-OH is 1. The van der Waals surface area contributed by atoms with E-state index in [1.54, 1.807) is 20.8 Å². The number of rotatable bonds is 8. The lowest BCUT2D eigenvalue weighted by Crippen LogP contribution is -2.46. The Balaban J connectivity index is 2.75. The molecule has 0 aliphatic carbocycles. The van der Waals surface area contributed by atoms with Gasteiger partial charge in [0.1, 0.15) is 6.04 Å². The first-order chi connectivity index (χ1) is 11.5. The molecule has 25 heavy (non-hydrogen) atoms. The van der Waals surface area contributed by atoms with Crippen LogP contribution >= 0.6 is 0 Å². The van der Waals surface area contributed by atoms with E-state index in [-0.39, 0.29) is 25.1 Å². The van der Waals surface area contributed by atoms with Gasteiger partial charge in [0.2, 0.25) is 11.8 Å². The molecule has 0 aromatic rings. The lowest BCUT2D eigenvalue weighted by molar-refractivity contribution is -0.179. The lowest BCUT2D eigenvalue weighted by Gasteiger charge is -2.30. The van der Waals surface area contributed by atoms with Gasteiger partial charge in [-0.25, -0.2) is 4.79 Å². The predicted molar refractivity (Wildman–Crippen MR) is 87.5 cm³/mol. The number of carbonyl (C=O) groups is 3. The molecule has 0 bridgehead atoms. The van der Waals surface area contributed by atoms with Gasteiger partial charge in [0.15, 0.2) is 6.29 Å². The van der Waals surface area contributed by atoms with Gasteiger partial charge in [-0.3, -0.25) is 9.59 Å². The van der Waals surface area contributed by atoms with Crippen molar-refractivity contribution in [3.8, 4) is 0 Å². The van der Waals surface area contributed by atoms with E-state index in [2.05, 4.69) is 5.32 Å². The summed E-state index contributed by atoms with van der Waals surface area (Å²) in [6.07, 6.45) is 0.660. The van der Waals surface area contributed by atoms with Gasteiger partial charge >= 0.3 is 5.97 Å². The van der Waals surface area contributed by atoms with Crippen LogP contribution in [0.25, 0.3) is 0 Å². The fourth-order valence-electron chi connectivity index (χ4n) is 2.57. The highest BCUT2D eigenvalue weighted by molar-refractivity contribution is 5.97. The second-order valence-corrected chi connectivity index (χ2v) is 6.75. The van der Waals surface area contributed by atoms with Crippen LogP contribution in [0.5, 0.6) is 0 Å². The molecule has 0 saturated carbocycles. The number of amides is 2. The predicted octanol–water partition coefficient (Wildman–Crippen LogP) is -0.507. The number of β-amino-alcohol motifs (C(OH)–C–C–N with tert-alkyl or cyclic N) is 1. The molecule has 0 radical (unpaired) electrons. The number of aliphatic hydroxyl groups is 1. The Morgan fingerprint density at radius 2 is 2.04 bits per heavy atom. The van der Waals surface area contributed by atoms with Crippen molar-refractivity contribution < 1.29 is 34.1 Å². The summed E-state index contributed by atoms with van der Waals surface area (Å²) in [5.74, 6) is -2.31. The molecular weight excluding hydrogens is 332 g/mol. The number of ether oxygens (including phenoxy) is 2. The summed E-state index contributed by atoms with van der Waals surface area (Å²) in [5, 5.41) is 21.0. The molecule has 9 nitrogen and oxygen atoms in total. The Morgan fingerprint density at radius 3 is 2.56 bits per heavy atom. The fourth-order valence-corrected chi connectivity index (χ4v) is 2.57. The molecule has 1 fully saturated rings. The van der Waals surface area contributed by atoms with Crippen molar-refractivity contribution in [1.82, 2.24) is 10.2 Å². The van der Waals surface area contributed by atoms with Crippen LogP contribution in [-0.4, -0.2) is 77.1 Å². The maximum atomic E-state index is 12.5. The minimum atomic E-state index is -1.26. The van der Waals surface area contributed by atoms with Crippen LogP contribution in [0.2, 0.25) is 0 Å². The van der Waals surface area contributed by atoms with E-state index < -0.39 is 29.8 Å². The zero-order chi connectivity index (χ0) is 19.2. The van der Waals surface area contributed by atoms with Crippen LogP contribution in [0.15, 0.2) is 12.2 Å². The first-order valence-electron chi connectivity index (χ1n) is 7.90. The number of carbonyl (C=O) groups excluding carboxylic acids is 2. The number of aliphatic carboxylic acids is 1. The van der Waals surface area contributed by atoms with E-state index in [4.69, 9.17) is 14.6 Å². The molecule has 0 unspecified atom stereocenters. The Hall–Kier alpha value is -1.97. The van der Waals surface area contributed by atoms with Crippen molar-refractivity contribution in [2.24, 2.45) is 0 Å². The second-order valence-electron chi connectivity index (χ2n) is 6.75. The van der Waals surface area contributed by atoms with E-state index in [0.29, 0.717) is 12.5 Å². The molecule has 1 aliphatic heterocycles. The second kappa shape index (κ2) is 8.93. The summed E-state index contributed by atoms with van der Waals surface area (Å²) < 4.78 is 10.5. The van der Waals surface area contributed by atoms with Crippen LogP contribution in [0.3, 0.4) is 0 Å². The number of methoxy groups -OCH3 is 1. The van der Waals surface area contributed by atoms with Gasteiger partial charge in [0.05, 0.1) is 24.8 Å². The quantitative estimate of drug-likeness (QED) is 0.394. The summed E-state index contributed by atoms with van der Waals surface area (Å²) in [6.45, 7) is 5.54. The third kappa shape index (κ3) is 7.20. The number of carboxylic acid groups (broad SMARTS) is 1. The van der Waals surface area contributed by atoms with E-state index >= 15 is 0 Å². The van der Waals surface area contributed by atoms with Gasteiger partial charge in [0, 0.05) is 19.3 Å². The first-order valence-corrected chi connectivity index (χ1v) is 7.90. The van der Waals surface area contributed by atoms with Crippen LogP contribution in [0.1, 0.15) is 27.2 Å². The lowest BCUT2D eigenvalue weighted by atomic mass is 10.1. The highest BCUT2D eigenvalue weighted by Crippen LogP contribution is 2.21. The van der Waals surface area contributed by atoms with E-state index in [1.807, 2.05) is 0 Å². The summed E-state index contributed by atoms with van der Waals surface area (Å²) >= 11 is 0. The Morgan fingerprint density at radius 1 is 1.40 bits per heavy atom. The molecule has 0 aromatic carbocycles. The smallest absolute Gasteiger partial charge is 0.328 e. The van der Waals surface area contributed by atoms with Gasteiger partial charge < -0.3 is 29.9 Å². The standard InChI is InChI=1S/C16H26N2O7/c1-16(2,3)25-14(22)8-18-10(9-24-4)7-11(15(18)23)17-12(19)5-6-13(20)21/h5-6,10-11,14,22H,7-9H2,1-4H3,(H,17,19)(H,20,21)/b6-5+/t10-,11-,14-/m0/s1. The molecule has 142 valence electrons. The topological polar surface area (TPSA) is 125 Å². The first kappa shape index (κ1) is 21.1. The molecule has 1 heterocycles. The van der Waals surface area contributed by atoms with E-state index in [9.17, 15) is 19.5 Å². The molecule has 3 N–H and O–H groups in total. The summed E-state index contributed by atoms with van der Waals surface area (Å²) in [7, 11) is 1.49. The van der Waals surface area contributed by atoms with Gasteiger partial charge in [0.25, 0.3) is 0 Å². The third-order valence-corrected chi connectivity index (χ3v) is 3.43. The average molecular weight is 358 g/mol. The van der Waals surface area contributed by atoms with Crippen molar-refractivity contribution >= 4 is 17.8 Å². The third-order valence-electron chi connectivity index (χ3n) is 3.43. The van der Waals surface area contributed by atoms with Crippen LogP contribution in [0.4, 0.5) is 0 Å². The maximum absolute atomic E-state index is 12.5. The molecule has 3 atom stereocenters. The minimum absolute atomic E-state index is 0.0541. The molecule has 9 heteroatoms. The summed E-state index contributed by atoms with van der Waals surface area (Å²) in [4.78, 5) is 36.0. The van der Waals surface area contributed by atoms with Gasteiger partial charge in [-0.2, -0.15) is 0 Å². The van der Waals surface area contributed by atoms with Crippen molar-refractivity contribution in [2.75, 3.05) is 20.3 Å². The number of nitrogens with one attached hydrogen (secondary N) is 1. The monoisotopic (exact) mass is 358 g/mol. The largest absolute Gasteiger partial charge is 0.478 e. The van der Waals surface area contributed by atoms with Crippen molar-refractivity contribution in [3.05, 3.63) is 12.2 Å². The summed E-state index contributed by atoms with van der Waals surface area (Å²) in [5.41, 5.74) is -0.575. The number of nitrogens with zero attached hydrogens (tertiary/aromatic N) is 1. The molecule has 1 aliphatic rings. The van der Waals surface area contributed by atoms with E-state index in [0.717, 1.165) is 6.08 Å². The zero-order valence-electron chi connectivity index (χ0n) is 14.9. The zero-order valence-corrected chi connectivity index (χ0v) is 14.9. The van der Waals surface area contributed by atoms with E-state index in [1.165, 1.54) is 12.0 Å².